The van der Waals surface area contributed by atoms with Crippen LogP contribution in [0, 0.1) is 11.8 Å². The van der Waals surface area contributed by atoms with Gasteiger partial charge in [0.15, 0.2) is 0 Å². The van der Waals surface area contributed by atoms with E-state index in [2.05, 4.69) is 33.2 Å². The van der Waals surface area contributed by atoms with Gasteiger partial charge in [0.1, 0.15) is 5.69 Å². The molecule has 0 aliphatic heterocycles. The number of hydrogen-bond acceptors (Lipinski definition) is 2. The number of pyridine rings is 1. The lowest BCUT2D eigenvalue weighted by Gasteiger charge is -2.27. The maximum absolute atomic E-state index is 12.3. The third-order valence-corrected chi connectivity index (χ3v) is 4.77. The van der Waals surface area contributed by atoms with Crippen LogP contribution in [0.2, 0.25) is 0 Å². The Morgan fingerprint density at radius 1 is 1.38 bits per heavy atom. The van der Waals surface area contributed by atoms with Crippen molar-refractivity contribution in [3.8, 4) is 0 Å². The molecule has 4 nitrogen and oxygen atoms in total. The zero-order valence-corrected chi connectivity index (χ0v) is 14.0. The van der Waals surface area contributed by atoms with Crippen LogP contribution in [0.25, 0.3) is 0 Å². The molecule has 21 heavy (non-hydrogen) atoms. The molecule has 1 aliphatic rings. The van der Waals surface area contributed by atoms with Crippen molar-refractivity contribution in [2.45, 2.75) is 51.9 Å². The van der Waals surface area contributed by atoms with E-state index >= 15 is 0 Å². The average Bonchev–Trinajstić information content (AvgIpc) is 2.49. The van der Waals surface area contributed by atoms with Crippen molar-refractivity contribution in [2.75, 3.05) is 5.32 Å². The van der Waals surface area contributed by atoms with Gasteiger partial charge in [0, 0.05) is 16.6 Å². The molecule has 0 atom stereocenters. The lowest BCUT2D eigenvalue weighted by Crippen LogP contribution is -2.29. The molecule has 1 aliphatic carbocycles. The predicted molar refractivity (Wildman–Crippen MR) is 88.4 cm³/mol. The fourth-order valence-electron chi connectivity index (χ4n) is 2.99. The van der Waals surface area contributed by atoms with Crippen molar-refractivity contribution in [2.24, 2.45) is 11.8 Å². The summed E-state index contributed by atoms with van der Waals surface area (Å²) in [4.78, 5) is 26.5. The summed E-state index contributed by atoms with van der Waals surface area (Å²) in [6.45, 7) is 2.22. The zero-order chi connectivity index (χ0) is 15.2. The van der Waals surface area contributed by atoms with Crippen molar-refractivity contribution in [1.29, 1.82) is 0 Å². The molecule has 0 radical (unpaired) electrons. The maximum Gasteiger partial charge on any atom is 0.271 e. The number of amides is 1. The Hall–Kier alpha value is -1.10. The van der Waals surface area contributed by atoms with E-state index in [1.807, 2.05) is 0 Å². The van der Waals surface area contributed by atoms with E-state index in [4.69, 9.17) is 0 Å². The van der Waals surface area contributed by atoms with Gasteiger partial charge in [-0.15, -0.1) is 0 Å². The number of aromatic amines is 1. The normalized spacial score (nSPS) is 22.0. The summed E-state index contributed by atoms with van der Waals surface area (Å²) in [6, 6.07) is 1.64. The molecule has 2 rings (SSSR count). The number of rotatable bonds is 5. The van der Waals surface area contributed by atoms with E-state index in [0.29, 0.717) is 5.69 Å². The largest absolute Gasteiger partial charge is 0.326 e. The minimum atomic E-state index is -0.261. The van der Waals surface area contributed by atoms with Gasteiger partial charge in [-0.05, 0) is 53.6 Å². The van der Waals surface area contributed by atoms with Crippen LogP contribution < -0.4 is 10.9 Å². The van der Waals surface area contributed by atoms with E-state index in [1.54, 1.807) is 12.3 Å². The highest BCUT2D eigenvalue weighted by Crippen LogP contribution is 2.32. The number of halogens is 1. The second-order valence-electron chi connectivity index (χ2n) is 5.91. The summed E-state index contributed by atoms with van der Waals surface area (Å²) < 4.78 is 0.751. The predicted octanol–water partition coefficient (Wildman–Crippen LogP) is 4.07. The van der Waals surface area contributed by atoms with Gasteiger partial charge in [-0.1, -0.05) is 26.2 Å². The molecule has 1 aromatic heterocycles. The maximum atomic E-state index is 12.3. The quantitative estimate of drug-likeness (QED) is 0.836. The summed E-state index contributed by atoms with van der Waals surface area (Å²) in [5.74, 6) is 0.803. The second kappa shape index (κ2) is 7.78. The molecule has 1 fully saturated rings. The first-order valence-electron chi connectivity index (χ1n) is 7.79. The van der Waals surface area contributed by atoms with E-state index in [1.165, 1.54) is 19.3 Å². The summed E-state index contributed by atoms with van der Waals surface area (Å²) in [7, 11) is 0. The molecule has 0 unspecified atom stereocenters. The smallest absolute Gasteiger partial charge is 0.271 e. The number of anilines is 1. The Morgan fingerprint density at radius 3 is 2.76 bits per heavy atom. The minimum Gasteiger partial charge on any atom is -0.326 e. The number of hydrogen-bond donors (Lipinski definition) is 2. The Kier molecular flexibility index (Phi) is 6.03. The third-order valence-electron chi connectivity index (χ3n) is 4.31. The fourth-order valence-corrected chi connectivity index (χ4v) is 3.33. The number of carbonyl (C=O) groups is 1. The van der Waals surface area contributed by atoms with E-state index in [9.17, 15) is 9.59 Å². The monoisotopic (exact) mass is 354 g/mol. The number of nitrogens with one attached hydrogen (secondary N) is 2. The van der Waals surface area contributed by atoms with Crippen LogP contribution in [0.4, 0.5) is 5.69 Å². The van der Waals surface area contributed by atoms with Crippen LogP contribution in [-0.2, 0) is 4.79 Å². The fraction of sp³-hybridized carbons (Fsp3) is 0.625. The first-order valence-corrected chi connectivity index (χ1v) is 8.58. The molecule has 2 N–H and O–H groups in total. The van der Waals surface area contributed by atoms with Crippen LogP contribution in [-0.4, -0.2) is 10.9 Å². The van der Waals surface area contributed by atoms with Gasteiger partial charge in [0.05, 0.1) is 0 Å². The lowest BCUT2D eigenvalue weighted by molar-refractivity contribution is -0.121. The minimum absolute atomic E-state index is 0.0208. The third kappa shape index (κ3) is 4.70. The van der Waals surface area contributed by atoms with Crippen LogP contribution in [0.5, 0.6) is 0 Å². The standard InChI is InChI=1S/C16H23BrN2O2/c1-2-3-4-11-5-7-12(8-6-11)15(20)19-14-9-13(17)10-18-16(14)21/h9-12H,2-8H2,1H3,(H,18,21)(H,19,20). The second-order valence-corrected chi connectivity index (χ2v) is 6.83. The molecule has 5 heteroatoms. The highest BCUT2D eigenvalue weighted by atomic mass is 79.9. The Balaban J connectivity index is 1.87. The Morgan fingerprint density at radius 2 is 2.10 bits per heavy atom. The summed E-state index contributed by atoms with van der Waals surface area (Å²) >= 11 is 3.29. The van der Waals surface area contributed by atoms with Crippen molar-refractivity contribution < 1.29 is 4.79 Å². The summed E-state index contributed by atoms with van der Waals surface area (Å²) in [6.07, 6.45) is 9.52. The topological polar surface area (TPSA) is 62.0 Å². The lowest BCUT2D eigenvalue weighted by atomic mass is 9.79. The van der Waals surface area contributed by atoms with Crippen molar-refractivity contribution in [3.05, 3.63) is 27.1 Å². The average molecular weight is 355 g/mol. The number of H-pyrrole nitrogens is 1. The molecule has 116 valence electrons. The Labute approximate surface area is 133 Å². The number of aromatic nitrogens is 1. The van der Waals surface area contributed by atoms with Gasteiger partial charge in [-0.3, -0.25) is 9.59 Å². The zero-order valence-electron chi connectivity index (χ0n) is 12.5. The summed E-state index contributed by atoms with van der Waals surface area (Å²) in [5.41, 5.74) is 0.0608. The van der Waals surface area contributed by atoms with Gasteiger partial charge in [0.25, 0.3) is 5.56 Å². The SMILES string of the molecule is CCCCC1CCC(C(=O)Nc2cc(Br)c[nH]c2=O)CC1. The molecule has 0 bridgehead atoms. The number of unbranched alkanes of at least 4 members (excludes halogenated alkanes) is 1. The van der Waals surface area contributed by atoms with Crippen LogP contribution in [0.1, 0.15) is 51.9 Å². The molecule has 0 aromatic carbocycles. The van der Waals surface area contributed by atoms with E-state index in [0.717, 1.165) is 36.1 Å². The van der Waals surface area contributed by atoms with Crippen LogP contribution >= 0.6 is 15.9 Å². The molecule has 0 saturated heterocycles. The van der Waals surface area contributed by atoms with Gasteiger partial charge >= 0.3 is 0 Å². The van der Waals surface area contributed by atoms with E-state index in [-0.39, 0.29) is 17.4 Å². The molecule has 1 amide bonds. The first kappa shape index (κ1) is 16.3. The first-order chi connectivity index (χ1) is 10.1. The van der Waals surface area contributed by atoms with Crippen molar-refractivity contribution in [1.82, 2.24) is 4.98 Å². The van der Waals surface area contributed by atoms with Gasteiger partial charge in [-0.25, -0.2) is 0 Å². The van der Waals surface area contributed by atoms with E-state index < -0.39 is 0 Å². The summed E-state index contributed by atoms with van der Waals surface area (Å²) in [5, 5.41) is 2.77. The van der Waals surface area contributed by atoms with Crippen LogP contribution in [0.15, 0.2) is 21.5 Å². The Bertz CT molecular complexity index is 533. The van der Waals surface area contributed by atoms with Crippen molar-refractivity contribution >= 4 is 27.5 Å². The molecular formula is C16H23BrN2O2. The molecule has 1 aromatic rings. The van der Waals surface area contributed by atoms with Gasteiger partial charge in [0.2, 0.25) is 5.91 Å². The van der Waals surface area contributed by atoms with Gasteiger partial charge in [-0.2, -0.15) is 0 Å². The molecule has 0 spiro atoms. The molecular weight excluding hydrogens is 332 g/mol. The van der Waals surface area contributed by atoms with Crippen LogP contribution in [0.3, 0.4) is 0 Å². The molecule has 1 heterocycles. The molecule has 1 saturated carbocycles. The highest BCUT2D eigenvalue weighted by Gasteiger charge is 2.26. The van der Waals surface area contributed by atoms with Crippen molar-refractivity contribution in [3.63, 3.8) is 0 Å². The number of carbonyl (C=O) groups excluding carboxylic acids is 1. The van der Waals surface area contributed by atoms with Gasteiger partial charge < -0.3 is 10.3 Å². The highest BCUT2D eigenvalue weighted by molar-refractivity contribution is 9.10.